The number of rotatable bonds is 4. The zero-order valence-corrected chi connectivity index (χ0v) is 9.27. The summed E-state index contributed by atoms with van der Waals surface area (Å²) >= 11 is 0. The first kappa shape index (κ1) is 12.1. The molecule has 0 spiro atoms. The maximum absolute atomic E-state index is 11.5. The number of carbonyl (C=O) groups excluding carboxylic acids is 2. The van der Waals surface area contributed by atoms with E-state index in [2.05, 4.69) is 9.72 Å². The lowest BCUT2D eigenvalue weighted by Crippen LogP contribution is -2.13. The van der Waals surface area contributed by atoms with Crippen molar-refractivity contribution in [2.75, 3.05) is 7.11 Å². The lowest BCUT2D eigenvalue weighted by atomic mass is 10.1. The number of hydrogen-bond acceptors (Lipinski definition) is 4. The van der Waals surface area contributed by atoms with E-state index in [9.17, 15) is 9.59 Å². The second-order valence-electron chi connectivity index (χ2n) is 3.08. The summed E-state index contributed by atoms with van der Waals surface area (Å²) in [6, 6.07) is 5.26. The molecule has 0 fully saturated rings. The fraction of sp³-hybridized carbons (Fsp3) is 0.250. The van der Waals surface area contributed by atoms with E-state index in [-0.39, 0.29) is 17.8 Å². The lowest BCUT2D eigenvalue weighted by molar-refractivity contribution is -0.137. The molecular formula is C12H13NO3. The summed E-state index contributed by atoms with van der Waals surface area (Å²) in [5.74, 6) is -0.880. The molecule has 0 amide bonds. The number of esters is 1. The Kier molecular flexibility index (Phi) is 4.39. The van der Waals surface area contributed by atoms with Gasteiger partial charge < -0.3 is 4.74 Å². The van der Waals surface area contributed by atoms with Gasteiger partial charge in [-0.15, -0.1) is 0 Å². The summed E-state index contributed by atoms with van der Waals surface area (Å²) in [5.41, 5.74) is 0.591. The minimum atomic E-state index is -0.627. The summed E-state index contributed by atoms with van der Waals surface area (Å²) in [6.45, 7) is 1.69. The number of carbonyl (C=O) groups is 2. The zero-order valence-electron chi connectivity index (χ0n) is 9.27. The monoisotopic (exact) mass is 219 g/mol. The van der Waals surface area contributed by atoms with E-state index >= 15 is 0 Å². The van der Waals surface area contributed by atoms with Crippen LogP contribution in [0.5, 0.6) is 0 Å². The van der Waals surface area contributed by atoms with Crippen LogP contribution < -0.4 is 0 Å². The van der Waals surface area contributed by atoms with Crippen molar-refractivity contribution in [3.63, 3.8) is 0 Å². The predicted molar refractivity (Wildman–Crippen MR) is 59.5 cm³/mol. The van der Waals surface area contributed by atoms with Crippen molar-refractivity contribution >= 4 is 17.8 Å². The lowest BCUT2D eigenvalue weighted by Gasteiger charge is -2.02. The number of aromatic nitrogens is 1. The number of nitrogens with zero attached hydrogens (tertiary/aromatic N) is 1. The molecular weight excluding hydrogens is 206 g/mol. The minimum absolute atomic E-state index is 0.0312. The van der Waals surface area contributed by atoms with Crippen molar-refractivity contribution in [1.29, 1.82) is 0 Å². The largest absolute Gasteiger partial charge is 0.465 e. The SMILES string of the molecule is CCC(=O)C(=Cc1ccccn1)C(=O)OC. The van der Waals surface area contributed by atoms with Crippen molar-refractivity contribution in [2.45, 2.75) is 13.3 Å². The van der Waals surface area contributed by atoms with Crippen molar-refractivity contribution in [3.8, 4) is 0 Å². The predicted octanol–water partition coefficient (Wildman–Crippen LogP) is 1.62. The van der Waals surface area contributed by atoms with Crippen LogP contribution in [0.3, 0.4) is 0 Å². The highest BCUT2D eigenvalue weighted by Crippen LogP contribution is 2.08. The fourth-order valence-corrected chi connectivity index (χ4v) is 1.16. The summed E-state index contributed by atoms with van der Waals surface area (Å²) in [5, 5.41) is 0. The third kappa shape index (κ3) is 3.02. The van der Waals surface area contributed by atoms with E-state index in [0.717, 1.165) is 0 Å². The van der Waals surface area contributed by atoms with Gasteiger partial charge in [-0.05, 0) is 18.2 Å². The van der Waals surface area contributed by atoms with E-state index in [4.69, 9.17) is 0 Å². The van der Waals surface area contributed by atoms with Gasteiger partial charge in [-0.3, -0.25) is 9.78 Å². The Bertz CT molecular complexity index is 392. The normalized spacial score (nSPS) is 11.0. The molecule has 0 atom stereocenters. The van der Waals surface area contributed by atoms with Gasteiger partial charge in [0, 0.05) is 12.6 Å². The number of ketones is 1. The molecule has 1 aromatic rings. The van der Waals surface area contributed by atoms with Crippen molar-refractivity contribution in [3.05, 3.63) is 35.7 Å². The Morgan fingerprint density at radius 1 is 1.44 bits per heavy atom. The van der Waals surface area contributed by atoms with Crippen LogP contribution in [0.2, 0.25) is 0 Å². The van der Waals surface area contributed by atoms with Crippen molar-refractivity contribution in [1.82, 2.24) is 4.98 Å². The summed E-state index contributed by atoms with van der Waals surface area (Å²) in [6.07, 6.45) is 3.29. The third-order valence-corrected chi connectivity index (χ3v) is 2.01. The summed E-state index contributed by atoms with van der Waals surface area (Å²) in [4.78, 5) is 26.9. The van der Waals surface area contributed by atoms with E-state index < -0.39 is 5.97 Å². The number of methoxy groups -OCH3 is 1. The zero-order chi connectivity index (χ0) is 12.0. The molecule has 84 valence electrons. The average molecular weight is 219 g/mol. The molecule has 1 rings (SSSR count). The Morgan fingerprint density at radius 2 is 2.19 bits per heavy atom. The number of Topliss-reactive ketones (excluding diaryl/α,β-unsaturated/α-hetero) is 1. The minimum Gasteiger partial charge on any atom is -0.465 e. The molecule has 0 aliphatic heterocycles. The summed E-state index contributed by atoms with van der Waals surface area (Å²) < 4.78 is 4.55. The highest BCUT2D eigenvalue weighted by Gasteiger charge is 2.17. The average Bonchev–Trinajstić information content (AvgIpc) is 2.35. The number of pyridine rings is 1. The maximum atomic E-state index is 11.5. The first-order chi connectivity index (χ1) is 7.69. The van der Waals surface area contributed by atoms with Gasteiger partial charge >= 0.3 is 5.97 Å². The van der Waals surface area contributed by atoms with E-state index in [0.29, 0.717) is 5.69 Å². The third-order valence-electron chi connectivity index (χ3n) is 2.01. The summed E-state index contributed by atoms with van der Waals surface area (Å²) in [7, 11) is 1.25. The van der Waals surface area contributed by atoms with Gasteiger partial charge in [-0.1, -0.05) is 13.0 Å². The van der Waals surface area contributed by atoms with Gasteiger partial charge in [-0.25, -0.2) is 4.79 Å². The Hall–Kier alpha value is -1.97. The molecule has 1 heterocycles. The molecule has 0 aromatic carbocycles. The van der Waals surface area contributed by atoms with Crippen molar-refractivity contribution in [2.24, 2.45) is 0 Å². The molecule has 16 heavy (non-hydrogen) atoms. The highest BCUT2D eigenvalue weighted by atomic mass is 16.5. The topological polar surface area (TPSA) is 56.3 Å². The molecule has 0 aliphatic carbocycles. The van der Waals surface area contributed by atoms with Crippen LogP contribution in [-0.2, 0) is 14.3 Å². The quantitative estimate of drug-likeness (QED) is 0.334. The van der Waals surface area contributed by atoms with Crippen LogP contribution in [0.15, 0.2) is 30.0 Å². The van der Waals surface area contributed by atoms with Crippen LogP contribution in [0, 0.1) is 0 Å². The van der Waals surface area contributed by atoms with Gasteiger partial charge in [0.1, 0.15) is 5.57 Å². The Morgan fingerprint density at radius 3 is 2.69 bits per heavy atom. The second kappa shape index (κ2) is 5.80. The van der Waals surface area contributed by atoms with Crippen molar-refractivity contribution < 1.29 is 14.3 Å². The van der Waals surface area contributed by atoms with Crippen LogP contribution in [0.25, 0.3) is 6.08 Å². The molecule has 0 bridgehead atoms. The van der Waals surface area contributed by atoms with E-state index in [1.54, 1.807) is 31.3 Å². The van der Waals surface area contributed by atoms with Gasteiger partial charge in [-0.2, -0.15) is 0 Å². The fourth-order valence-electron chi connectivity index (χ4n) is 1.16. The Labute approximate surface area is 94.0 Å². The standard InChI is InChI=1S/C12H13NO3/c1-3-11(14)10(12(15)16-2)8-9-6-4-5-7-13-9/h4-8H,3H2,1-2H3. The number of hydrogen-bond donors (Lipinski definition) is 0. The van der Waals surface area contributed by atoms with Gasteiger partial charge in [0.25, 0.3) is 0 Å². The Balaban J connectivity index is 3.06. The first-order valence-electron chi connectivity index (χ1n) is 4.93. The van der Waals surface area contributed by atoms with E-state index in [1.807, 2.05) is 0 Å². The molecule has 1 aromatic heterocycles. The molecule has 0 N–H and O–H groups in total. The van der Waals surface area contributed by atoms with Gasteiger partial charge in [0.05, 0.1) is 12.8 Å². The molecule has 0 unspecified atom stereocenters. The molecule has 0 radical (unpaired) electrons. The second-order valence-corrected chi connectivity index (χ2v) is 3.08. The molecule has 4 nitrogen and oxygen atoms in total. The van der Waals surface area contributed by atoms with E-state index in [1.165, 1.54) is 13.2 Å². The molecule has 0 aliphatic rings. The molecule has 4 heteroatoms. The van der Waals surface area contributed by atoms with Crippen LogP contribution in [0.4, 0.5) is 0 Å². The number of ether oxygens (including phenoxy) is 1. The first-order valence-corrected chi connectivity index (χ1v) is 4.93. The van der Waals surface area contributed by atoms with Crippen LogP contribution in [-0.4, -0.2) is 23.8 Å². The van der Waals surface area contributed by atoms with Crippen LogP contribution in [0.1, 0.15) is 19.0 Å². The smallest absolute Gasteiger partial charge is 0.341 e. The highest BCUT2D eigenvalue weighted by molar-refractivity contribution is 6.20. The maximum Gasteiger partial charge on any atom is 0.341 e. The van der Waals surface area contributed by atoms with Gasteiger partial charge in [0.15, 0.2) is 5.78 Å². The molecule has 0 saturated carbocycles. The molecule has 0 saturated heterocycles. The van der Waals surface area contributed by atoms with Crippen LogP contribution >= 0.6 is 0 Å². The van der Waals surface area contributed by atoms with Gasteiger partial charge in [0.2, 0.25) is 0 Å².